The van der Waals surface area contributed by atoms with Gasteiger partial charge in [-0.1, -0.05) is 17.7 Å². The van der Waals surface area contributed by atoms with Gasteiger partial charge >= 0.3 is 0 Å². The fourth-order valence-electron chi connectivity index (χ4n) is 3.16. The number of anilines is 2. The molecule has 2 N–H and O–H groups in total. The highest BCUT2D eigenvalue weighted by atomic mass is 16.6. The highest BCUT2D eigenvalue weighted by molar-refractivity contribution is 6.05. The van der Waals surface area contributed by atoms with Crippen molar-refractivity contribution < 1.29 is 14.5 Å². The van der Waals surface area contributed by atoms with Gasteiger partial charge in [0.1, 0.15) is 5.69 Å². The summed E-state index contributed by atoms with van der Waals surface area (Å²) in [5, 5.41) is 17.4. The van der Waals surface area contributed by atoms with Gasteiger partial charge in [-0.15, -0.1) is 0 Å². The van der Waals surface area contributed by atoms with Gasteiger partial charge in [-0.2, -0.15) is 0 Å². The molecule has 2 aromatic rings. The third-order valence-electron chi connectivity index (χ3n) is 4.84. The van der Waals surface area contributed by atoms with Crippen LogP contribution in [-0.4, -0.2) is 55.1 Å². The van der Waals surface area contributed by atoms with Gasteiger partial charge in [0.05, 0.1) is 18.1 Å². The lowest BCUT2D eigenvalue weighted by Gasteiger charge is -2.26. The van der Waals surface area contributed by atoms with Crippen LogP contribution in [-0.2, 0) is 4.74 Å². The number of hydrogen-bond donors (Lipinski definition) is 2. The van der Waals surface area contributed by atoms with Crippen LogP contribution in [0.25, 0.3) is 0 Å². The summed E-state index contributed by atoms with van der Waals surface area (Å²) in [5.41, 5.74) is 2.30. The highest BCUT2D eigenvalue weighted by Crippen LogP contribution is 2.26. The van der Waals surface area contributed by atoms with Gasteiger partial charge in [0, 0.05) is 37.0 Å². The average Bonchev–Trinajstić information content (AvgIpc) is 2.73. The van der Waals surface area contributed by atoms with Crippen molar-refractivity contribution in [1.82, 2.24) is 4.90 Å². The Hall–Kier alpha value is -2.97. The molecule has 1 amide bonds. The van der Waals surface area contributed by atoms with E-state index in [4.69, 9.17) is 4.74 Å². The van der Waals surface area contributed by atoms with Crippen molar-refractivity contribution in [3.63, 3.8) is 0 Å². The van der Waals surface area contributed by atoms with Crippen molar-refractivity contribution in [3.8, 4) is 0 Å². The van der Waals surface area contributed by atoms with E-state index < -0.39 is 4.92 Å². The standard InChI is InChI=1S/C21H26N4O4/c1-16-3-6-18(7-4-16)23-21(26)17-5-8-19(20(15-17)25(27)28)22-9-2-10-24-11-13-29-14-12-24/h3-8,15,22H,2,9-14H2,1H3,(H,23,26). The molecule has 1 aliphatic rings. The van der Waals surface area contributed by atoms with Gasteiger partial charge in [0.2, 0.25) is 0 Å². The van der Waals surface area contributed by atoms with Crippen LogP contribution in [0.4, 0.5) is 17.1 Å². The first-order valence-electron chi connectivity index (χ1n) is 9.73. The second kappa shape index (κ2) is 9.99. The molecule has 154 valence electrons. The minimum Gasteiger partial charge on any atom is -0.379 e. The summed E-state index contributed by atoms with van der Waals surface area (Å²) in [5.74, 6) is -0.379. The molecule has 0 radical (unpaired) electrons. The SMILES string of the molecule is Cc1ccc(NC(=O)c2ccc(NCCCN3CCOCC3)c([N+](=O)[O-])c2)cc1. The van der Waals surface area contributed by atoms with Gasteiger partial charge < -0.3 is 15.4 Å². The molecule has 0 bridgehead atoms. The van der Waals surface area contributed by atoms with Crippen LogP contribution in [0.15, 0.2) is 42.5 Å². The van der Waals surface area contributed by atoms with E-state index in [0.29, 0.717) is 17.9 Å². The molecule has 8 heteroatoms. The second-order valence-corrected chi connectivity index (χ2v) is 7.04. The van der Waals surface area contributed by atoms with Crippen molar-refractivity contribution in [2.24, 2.45) is 0 Å². The molecule has 0 atom stereocenters. The minimum atomic E-state index is -0.465. The van der Waals surface area contributed by atoms with E-state index in [1.54, 1.807) is 24.3 Å². The molecule has 1 saturated heterocycles. The Kier molecular flexibility index (Phi) is 7.15. The molecular weight excluding hydrogens is 372 g/mol. The Morgan fingerprint density at radius 1 is 1.17 bits per heavy atom. The number of carbonyl (C=O) groups excluding carboxylic acids is 1. The van der Waals surface area contributed by atoms with Gasteiger partial charge in [0.25, 0.3) is 11.6 Å². The van der Waals surface area contributed by atoms with E-state index in [1.165, 1.54) is 6.07 Å². The number of benzene rings is 2. The summed E-state index contributed by atoms with van der Waals surface area (Å²) >= 11 is 0. The second-order valence-electron chi connectivity index (χ2n) is 7.04. The zero-order valence-electron chi connectivity index (χ0n) is 16.5. The number of amides is 1. The van der Waals surface area contributed by atoms with Gasteiger partial charge in [-0.05, 0) is 44.2 Å². The summed E-state index contributed by atoms with van der Waals surface area (Å²) in [6.45, 7) is 6.85. The van der Waals surface area contributed by atoms with Crippen LogP contribution in [0.1, 0.15) is 22.3 Å². The number of nitro benzene ring substituents is 1. The van der Waals surface area contributed by atoms with Crippen LogP contribution < -0.4 is 10.6 Å². The summed E-state index contributed by atoms with van der Waals surface area (Å²) < 4.78 is 5.33. The Bertz CT molecular complexity index is 848. The molecule has 0 unspecified atom stereocenters. The lowest BCUT2D eigenvalue weighted by molar-refractivity contribution is -0.384. The van der Waals surface area contributed by atoms with E-state index in [9.17, 15) is 14.9 Å². The quantitative estimate of drug-likeness (QED) is 0.402. The fourth-order valence-corrected chi connectivity index (χ4v) is 3.16. The molecule has 2 aromatic carbocycles. The normalized spacial score (nSPS) is 14.4. The molecule has 1 aliphatic heterocycles. The van der Waals surface area contributed by atoms with Gasteiger partial charge in [-0.3, -0.25) is 19.8 Å². The van der Waals surface area contributed by atoms with E-state index in [-0.39, 0.29) is 17.2 Å². The number of morpholine rings is 1. The predicted molar refractivity (Wildman–Crippen MR) is 113 cm³/mol. The Balaban J connectivity index is 1.59. The maximum Gasteiger partial charge on any atom is 0.293 e. The Morgan fingerprint density at radius 3 is 2.59 bits per heavy atom. The minimum absolute atomic E-state index is 0.104. The van der Waals surface area contributed by atoms with Crippen molar-refractivity contribution in [1.29, 1.82) is 0 Å². The van der Waals surface area contributed by atoms with Crippen LogP contribution in [0.3, 0.4) is 0 Å². The van der Waals surface area contributed by atoms with Crippen molar-refractivity contribution >= 4 is 23.0 Å². The Labute approximate surface area is 170 Å². The summed E-state index contributed by atoms with van der Waals surface area (Å²) in [4.78, 5) is 25.8. The molecule has 8 nitrogen and oxygen atoms in total. The van der Waals surface area contributed by atoms with E-state index in [1.807, 2.05) is 19.1 Å². The third kappa shape index (κ3) is 6.00. The maximum atomic E-state index is 12.5. The van der Waals surface area contributed by atoms with E-state index in [2.05, 4.69) is 15.5 Å². The number of rotatable bonds is 8. The van der Waals surface area contributed by atoms with Crippen molar-refractivity contribution in [3.05, 3.63) is 63.7 Å². The van der Waals surface area contributed by atoms with E-state index >= 15 is 0 Å². The topological polar surface area (TPSA) is 96.7 Å². The summed E-state index contributed by atoms with van der Waals surface area (Å²) in [7, 11) is 0. The number of ether oxygens (including phenoxy) is 1. The largest absolute Gasteiger partial charge is 0.379 e. The number of aryl methyl sites for hydroxylation is 1. The predicted octanol–water partition coefficient (Wildman–Crippen LogP) is 3.29. The molecule has 1 fully saturated rings. The van der Waals surface area contributed by atoms with Gasteiger partial charge in [-0.25, -0.2) is 0 Å². The molecular formula is C21H26N4O4. The molecule has 0 saturated carbocycles. The number of nitrogens with one attached hydrogen (secondary N) is 2. The lowest BCUT2D eigenvalue weighted by Crippen LogP contribution is -2.37. The van der Waals surface area contributed by atoms with Gasteiger partial charge in [0.15, 0.2) is 0 Å². The molecule has 0 aliphatic carbocycles. The number of nitro groups is 1. The third-order valence-corrected chi connectivity index (χ3v) is 4.84. The average molecular weight is 398 g/mol. The highest BCUT2D eigenvalue weighted by Gasteiger charge is 2.18. The number of nitrogens with zero attached hydrogens (tertiary/aromatic N) is 2. The summed E-state index contributed by atoms with van der Waals surface area (Å²) in [6.07, 6.45) is 0.868. The number of carbonyl (C=O) groups is 1. The zero-order valence-corrected chi connectivity index (χ0v) is 16.5. The summed E-state index contributed by atoms with van der Waals surface area (Å²) in [6, 6.07) is 11.9. The maximum absolute atomic E-state index is 12.5. The van der Waals surface area contributed by atoms with Crippen molar-refractivity contribution in [2.75, 3.05) is 50.0 Å². The number of hydrogen-bond acceptors (Lipinski definition) is 6. The molecule has 29 heavy (non-hydrogen) atoms. The molecule has 0 aromatic heterocycles. The van der Waals surface area contributed by atoms with Crippen LogP contribution in [0, 0.1) is 17.0 Å². The monoisotopic (exact) mass is 398 g/mol. The first kappa shape index (κ1) is 20.8. The first-order chi connectivity index (χ1) is 14.0. The van der Waals surface area contributed by atoms with E-state index in [0.717, 1.165) is 44.8 Å². The Morgan fingerprint density at radius 2 is 1.90 bits per heavy atom. The fraction of sp³-hybridized carbons (Fsp3) is 0.381. The smallest absolute Gasteiger partial charge is 0.293 e. The van der Waals surface area contributed by atoms with Crippen LogP contribution in [0.2, 0.25) is 0 Å². The zero-order chi connectivity index (χ0) is 20.6. The van der Waals surface area contributed by atoms with Crippen LogP contribution in [0.5, 0.6) is 0 Å². The molecule has 1 heterocycles. The first-order valence-corrected chi connectivity index (χ1v) is 9.73. The van der Waals surface area contributed by atoms with Crippen molar-refractivity contribution in [2.45, 2.75) is 13.3 Å². The lowest BCUT2D eigenvalue weighted by atomic mass is 10.1. The van der Waals surface area contributed by atoms with Crippen LogP contribution >= 0.6 is 0 Å². The molecule has 3 rings (SSSR count). The molecule has 0 spiro atoms.